The van der Waals surface area contributed by atoms with E-state index in [2.05, 4.69) is 27.5 Å². The fraction of sp³-hybridized carbons (Fsp3) is 0.738. The van der Waals surface area contributed by atoms with Crippen LogP contribution in [-0.2, 0) is 39.9 Å². The maximum absolute atomic E-state index is 14.3. The average molecular weight is 827 g/mol. The first-order valence-electron chi connectivity index (χ1n) is 21.2. The highest BCUT2D eigenvalue weighted by molar-refractivity contribution is 6.00. The second kappa shape index (κ2) is 20.0. The van der Waals surface area contributed by atoms with Crippen LogP contribution < -0.4 is 11.1 Å². The number of nitrogen functional groups attached to an aromatic ring is 1. The number of nitrogens with one attached hydrogen (secondary N) is 1. The molecule has 3 unspecified atom stereocenters. The molecule has 17 heteroatoms. The van der Waals surface area contributed by atoms with Crippen molar-refractivity contribution in [3.63, 3.8) is 0 Å². The molecule has 0 spiro atoms. The zero-order valence-corrected chi connectivity index (χ0v) is 36.2. The largest absolute Gasteiger partial charge is 0.458 e. The summed E-state index contributed by atoms with van der Waals surface area (Å²) < 4.78 is 26.8. The Hall–Kier alpha value is -4.03. The molecule has 2 aromatic heterocycles. The lowest BCUT2D eigenvalue weighted by molar-refractivity contribution is -0.278. The summed E-state index contributed by atoms with van der Waals surface area (Å²) in [7, 11) is 3.77. The maximum Gasteiger partial charge on any atom is 0.410 e. The number of hydrogen-bond acceptors (Lipinski definition) is 15. The molecule has 4 N–H and O–H groups in total. The lowest BCUT2D eigenvalue weighted by Crippen LogP contribution is -2.60. The van der Waals surface area contributed by atoms with Crippen molar-refractivity contribution < 1.29 is 43.2 Å². The molecule has 13 atom stereocenters. The first-order valence-corrected chi connectivity index (χ1v) is 21.2. The summed E-state index contributed by atoms with van der Waals surface area (Å²) in [6.07, 6.45) is 0.923. The van der Waals surface area contributed by atoms with E-state index in [1.807, 2.05) is 58.1 Å². The van der Waals surface area contributed by atoms with Crippen LogP contribution in [0.2, 0.25) is 0 Å². The van der Waals surface area contributed by atoms with Crippen molar-refractivity contribution in [1.29, 1.82) is 0 Å². The van der Waals surface area contributed by atoms with Crippen LogP contribution in [0.25, 0.3) is 11.4 Å². The molecule has 328 valence electrons. The van der Waals surface area contributed by atoms with Gasteiger partial charge in [0.15, 0.2) is 17.7 Å². The number of cyclic esters (lactones) is 1. The standard InChI is InChI=1S/C42H66N8O9/c1-10-33-42(7)38(50(41(55)59-42)18-12-11-17-49-23-31(46-47-49)30-14-13-15-34(43)45-30)28(6)44-22-24(2)20-29(16-19-51)37(26(4)35(52)27(5)39(54)57-33)58-40-36(53)32(48(8)9)21-25(3)56-40/h13-15,19,23-29,32-33,36-38,40,44,53H,10-12,16-18,20-22H2,1-9H3,(H2,43,45)/t24-,25?,26+,27-,28-,29+,32?,33-,36?,37-,38-,40+,42-/m1/s1. The van der Waals surface area contributed by atoms with Gasteiger partial charge in [0.2, 0.25) is 0 Å². The van der Waals surface area contributed by atoms with E-state index in [0.29, 0.717) is 68.9 Å². The van der Waals surface area contributed by atoms with Gasteiger partial charge in [-0.15, -0.1) is 5.10 Å². The number of nitrogens with two attached hydrogens (primary N) is 1. The molecule has 0 aromatic carbocycles. The number of hydrogen-bond donors (Lipinski definition) is 3. The van der Waals surface area contributed by atoms with E-state index in [4.69, 9.17) is 24.7 Å². The van der Waals surface area contributed by atoms with Gasteiger partial charge in [-0.25, -0.2) is 9.78 Å². The molecule has 3 aliphatic heterocycles. The van der Waals surface area contributed by atoms with Gasteiger partial charge in [-0.3, -0.25) is 19.2 Å². The summed E-state index contributed by atoms with van der Waals surface area (Å²) in [6.45, 7) is 14.3. The summed E-state index contributed by atoms with van der Waals surface area (Å²) in [4.78, 5) is 62.2. The molecule has 17 nitrogen and oxygen atoms in total. The van der Waals surface area contributed by atoms with Gasteiger partial charge in [0.1, 0.15) is 35.9 Å². The number of pyridine rings is 1. The fourth-order valence-electron chi connectivity index (χ4n) is 9.21. The van der Waals surface area contributed by atoms with E-state index in [-0.39, 0.29) is 30.5 Å². The Kier molecular flexibility index (Phi) is 15.6. The van der Waals surface area contributed by atoms with Gasteiger partial charge in [-0.1, -0.05) is 32.1 Å². The van der Waals surface area contributed by atoms with Crippen LogP contribution in [0.3, 0.4) is 0 Å². The van der Waals surface area contributed by atoms with E-state index in [1.165, 1.54) is 6.92 Å². The van der Waals surface area contributed by atoms with Crippen LogP contribution >= 0.6 is 0 Å². The number of likely N-dealkylation sites (N-methyl/N-ethyl adjacent to an activating group) is 1. The minimum Gasteiger partial charge on any atom is -0.458 e. The van der Waals surface area contributed by atoms with E-state index >= 15 is 0 Å². The third kappa shape index (κ3) is 10.7. The van der Waals surface area contributed by atoms with Crippen molar-refractivity contribution >= 4 is 29.9 Å². The van der Waals surface area contributed by atoms with Gasteiger partial charge in [0.05, 0.1) is 30.1 Å². The zero-order chi connectivity index (χ0) is 43.2. The molecule has 1 amide bonds. The summed E-state index contributed by atoms with van der Waals surface area (Å²) in [5.74, 6) is -3.29. The van der Waals surface area contributed by atoms with Crippen molar-refractivity contribution in [3.05, 3.63) is 24.4 Å². The Morgan fingerprint density at radius 3 is 2.49 bits per heavy atom. The average Bonchev–Trinajstić information content (AvgIpc) is 3.77. The van der Waals surface area contributed by atoms with E-state index in [0.717, 1.165) is 6.29 Å². The number of aldehydes is 1. The lowest BCUT2D eigenvalue weighted by Gasteiger charge is -2.44. The minimum atomic E-state index is -1.25. The third-order valence-corrected chi connectivity index (χ3v) is 12.5. The van der Waals surface area contributed by atoms with Crippen LogP contribution in [0.5, 0.6) is 0 Å². The Bertz CT molecular complexity index is 1740. The molecule has 0 saturated carbocycles. The smallest absolute Gasteiger partial charge is 0.410 e. The molecular formula is C42H66N8O9. The molecule has 2 aromatic rings. The van der Waals surface area contributed by atoms with Crippen LogP contribution in [0.15, 0.2) is 24.4 Å². The first kappa shape index (κ1) is 46.0. The van der Waals surface area contributed by atoms with Crippen molar-refractivity contribution in [3.8, 4) is 11.4 Å². The van der Waals surface area contributed by atoms with Crippen LogP contribution in [0.1, 0.15) is 87.0 Å². The number of fused-ring (bicyclic) bond motifs is 1. The maximum atomic E-state index is 14.3. The van der Waals surface area contributed by atoms with Crippen LogP contribution in [0, 0.1) is 23.7 Å². The molecule has 3 aliphatic rings. The SMILES string of the molecule is CC[C@H]1OC(=O)[C@H](C)C(=O)[C@H](C)[C@@H](O[C@@H]2OC(C)CC(N(C)C)C2O)[C@@H](CC=O)C[C@@H](C)CN[C@H](C)[C@H]2N(CCCCn3cc(-c4cccc(N)n4)nn3)C(=O)O[C@]12C. The normalized spacial score (nSPS) is 35.1. The third-order valence-electron chi connectivity index (χ3n) is 12.5. The highest BCUT2D eigenvalue weighted by Gasteiger charge is 2.58. The van der Waals surface area contributed by atoms with E-state index in [1.54, 1.807) is 29.5 Å². The number of carbonyl (C=O) groups excluding carboxylic acids is 4. The summed E-state index contributed by atoms with van der Waals surface area (Å²) >= 11 is 0. The van der Waals surface area contributed by atoms with Gasteiger partial charge in [-0.2, -0.15) is 0 Å². The number of amides is 1. The number of aromatic nitrogens is 4. The molecule has 5 rings (SSSR count). The van der Waals surface area contributed by atoms with Crippen LogP contribution in [0.4, 0.5) is 10.6 Å². The number of ketones is 1. The number of nitrogens with zero attached hydrogens (tertiary/aromatic N) is 6. The number of Topliss-reactive ketones (excluding diaryl/α,β-unsaturated/α-hetero) is 1. The Labute approximate surface area is 348 Å². The highest BCUT2D eigenvalue weighted by Crippen LogP contribution is 2.39. The van der Waals surface area contributed by atoms with Crippen LogP contribution in [-0.4, -0.2) is 141 Å². The quantitative estimate of drug-likeness (QED) is 0.121. The summed E-state index contributed by atoms with van der Waals surface area (Å²) in [6, 6.07) is 4.23. The van der Waals surface area contributed by atoms with E-state index in [9.17, 15) is 24.3 Å². The molecule has 0 radical (unpaired) electrons. The van der Waals surface area contributed by atoms with Gasteiger partial charge in [-0.05, 0) is 104 Å². The number of aliphatic hydroxyl groups is 1. The van der Waals surface area contributed by atoms with E-state index < -0.39 is 71.8 Å². The van der Waals surface area contributed by atoms with Crippen molar-refractivity contribution in [2.75, 3.05) is 32.9 Å². The van der Waals surface area contributed by atoms with Crippen molar-refractivity contribution in [2.45, 2.75) is 148 Å². The Morgan fingerprint density at radius 2 is 1.81 bits per heavy atom. The number of aliphatic hydroxyl groups excluding tert-OH is 1. The number of aryl methyl sites for hydroxylation is 1. The lowest BCUT2D eigenvalue weighted by atomic mass is 9.79. The fourth-order valence-corrected chi connectivity index (χ4v) is 9.21. The predicted octanol–water partition coefficient (Wildman–Crippen LogP) is 3.48. The summed E-state index contributed by atoms with van der Waals surface area (Å²) in [5.41, 5.74) is 5.83. The summed E-state index contributed by atoms with van der Waals surface area (Å²) in [5, 5.41) is 23.5. The number of carbonyl (C=O) groups is 4. The van der Waals surface area contributed by atoms with Gasteiger partial charge >= 0.3 is 12.1 Å². The minimum absolute atomic E-state index is 0.0170. The first-order chi connectivity index (χ1) is 28.0. The number of esters is 1. The number of ether oxygens (including phenoxy) is 4. The van der Waals surface area contributed by atoms with Gasteiger partial charge in [0, 0.05) is 37.5 Å². The number of unbranched alkanes of at least 4 members (excludes halogenated alkanes) is 1. The molecule has 5 heterocycles. The predicted molar refractivity (Wildman–Crippen MR) is 219 cm³/mol. The molecule has 0 bridgehead atoms. The molecule has 3 fully saturated rings. The topological polar surface area (TPSA) is 214 Å². The molecule has 0 aliphatic carbocycles. The van der Waals surface area contributed by atoms with Gasteiger partial charge in [0.25, 0.3) is 0 Å². The number of rotatable bonds is 12. The monoisotopic (exact) mass is 826 g/mol. The zero-order valence-electron chi connectivity index (χ0n) is 36.2. The Balaban J connectivity index is 1.37. The second-order valence-corrected chi connectivity index (χ2v) is 17.3. The number of anilines is 1. The molecule has 59 heavy (non-hydrogen) atoms. The van der Waals surface area contributed by atoms with Crippen molar-refractivity contribution in [2.24, 2.45) is 23.7 Å². The molecular weight excluding hydrogens is 761 g/mol. The van der Waals surface area contributed by atoms with Gasteiger partial charge < -0.3 is 44.8 Å². The Morgan fingerprint density at radius 1 is 1.08 bits per heavy atom. The van der Waals surface area contributed by atoms with Crippen molar-refractivity contribution in [1.82, 2.24) is 35.1 Å². The highest BCUT2D eigenvalue weighted by atomic mass is 16.7. The molecule has 3 saturated heterocycles. The second-order valence-electron chi connectivity index (χ2n) is 17.3.